The molecule has 15 heavy (non-hydrogen) atoms. The Morgan fingerprint density at radius 2 is 1.73 bits per heavy atom. The first kappa shape index (κ1) is 11.4. The maximum absolute atomic E-state index is 10.4. The summed E-state index contributed by atoms with van der Waals surface area (Å²) in [5.41, 5.74) is -0.349. The highest BCUT2D eigenvalue weighted by Gasteiger charge is 2.35. The topological polar surface area (TPSA) is 23.5 Å². The second kappa shape index (κ2) is 4.84. The van der Waals surface area contributed by atoms with E-state index in [0.717, 1.165) is 32.0 Å². The van der Waals surface area contributed by atoms with Crippen LogP contribution in [0.5, 0.6) is 0 Å². The van der Waals surface area contributed by atoms with Crippen molar-refractivity contribution in [2.24, 2.45) is 0 Å². The van der Waals surface area contributed by atoms with Crippen LogP contribution in [-0.2, 0) is 0 Å². The maximum atomic E-state index is 10.4. The molecule has 2 nitrogen and oxygen atoms in total. The van der Waals surface area contributed by atoms with Crippen molar-refractivity contribution >= 4 is 0 Å². The lowest BCUT2D eigenvalue weighted by atomic mass is 10.0. The highest BCUT2D eigenvalue weighted by Crippen LogP contribution is 2.32. The molecule has 0 saturated heterocycles. The van der Waals surface area contributed by atoms with E-state index in [4.69, 9.17) is 0 Å². The van der Waals surface area contributed by atoms with Crippen molar-refractivity contribution in [2.75, 3.05) is 13.1 Å². The molecule has 2 rings (SSSR count). The predicted octanol–water partition coefficient (Wildman–Crippen LogP) is 2.56. The summed E-state index contributed by atoms with van der Waals surface area (Å²) in [6.07, 6.45) is 9.97. The van der Waals surface area contributed by atoms with Crippen molar-refractivity contribution in [3.63, 3.8) is 0 Å². The van der Waals surface area contributed by atoms with Gasteiger partial charge in [-0.15, -0.1) is 0 Å². The fourth-order valence-electron chi connectivity index (χ4n) is 3.34. The van der Waals surface area contributed by atoms with Crippen molar-refractivity contribution < 1.29 is 5.11 Å². The van der Waals surface area contributed by atoms with E-state index in [1.807, 2.05) is 0 Å². The number of hydrogen-bond donors (Lipinski definition) is 1. The number of nitrogens with zero attached hydrogens (tertiary/aromatic N) is 1. The van der Waals surface area contributed by atoms with Gasteiger partial charge in [0.25, 0.3) is 0 Å². The molecule has 0 heterocycles. The Labute approximate surface area is 93.7 Å². The van der Waals surface area contributed by atoms with Crippen LogP contribution in [0.2, 0.25) is 0 Å². The molecule has 0 radical (unpaired) electrons. The summed E-state index contributed by atoms with van der Waals surface area (Å²) in [4.78, 5) is 2.53. The van der Waals surface area contributed by atoms with E-state index in [-0.39, 0.29) is 5.60 Å². The van der Waals surface area contributed by atoms with E-state index in [9.17, 15) is 5.11 Å². The minimum absolute atomic E-state index is 0.349. The number of likely N-dealkylation sites (N-methyl/N-ethyl adjacent to an activating group) is 1. The first-order valence-electron chi connectivity index (χ1n) is 6.70. The van der Waals surface area contributed by atoms with Gasteiger partial charge in [-0.2, -0.15) is 0 Å². The molecule has 2 heteroatoms. The van der Waals surface area contributed by atoms with Crippen molar-refractivity contribution in [3.8, 4) is 0 Å². The van der Waals surface area contributed by atoms with Crippen LogP contribution in [0.25, 0.3) is 0 Å². The van der Waals surface area contributed by atoms with Gasteiger partial charge in [0.15, 0.2) is 0 Å². The van der Waals surface area contributed by atoms with Gasteiger partial charge in [0.2, 0.25) is 0 Å². The molecule has 2 fully saturated rings. The standard InChI is InChI=1S/C13H25NO/c1-2-14(12-7-3-4-8-12)11-13(15)9-5-6-10-13/h12,15H,2-11H2,1H3. The summed E-state index contributed by atoms with van der Waals surface area (Å²) < 4.78 is 0. The fourth-order valence-corrected chi connectivity index (χ4v) is 3.34. The second-order valence-electron chi connectivity index (χ2n) is 5.43. The molecule has 0 atom stereocenters. The Balaban J connectivity index is 1.89. The highest BCUT2D eigenvalue weighted by molar-refractivity contribution is 4.89. The average Bonchev–Trinajstić information content (AvgIpc) is 2.85. The molecule has 0 aromatic heterocycles. The largest absolute Gasteiger partial charge is 0.389 e. The Morgan fingerprint density at radius 1 is 1.13 bits per heavy atom. The molecule has 2 aliphatic carbocycles. The smallest absolute Gasteiger partial charge is 0.0774 e. The van der Waals surface area contributed by atoms with Crippen molar-refractivity contribution in [3.05, 3.63) is 0 Å². The molecular formula is C13H25NO. The van der Waals surface area contributed by atoms with Crippen LogP contribution in [0.4, 0.5) is 0 Å². The van der Waals surface area contributed by atoms with Gasteiger partial charge in [-0.05, 0) is 32.2 Å². The van der Waals surface area contributed by atoms with E-state index in [0.29, 0.717) is 0 Å². The van der Waals surface area contributed by atoms with E-state index in [2.05, 4.69) is 11.8 Å². The first-order chi connectivity index (χ1) is 7.23. The molecule has 1 N–H and O–H groups in total. The van der Waals surface area contributed by atoms with Gasteiger partial charge < -0.3 is 5.11 Å². The molecule has 88 valence electrons. The molecule has 0 spiro atoms. The van der Waals surface area contributed by atoms with Gasteiger partial charge in [0.05, 0.1) is 5.60 Å². The zero-order chi connectivity index (χ0) is 10.7. The lowest BCUT2D eigenvalue weighted by Gasteiger charge is -2.34. The van der Waals surface area contributed by atoms with E-state index in [1.165, 1.54) is 38.5 Å². The van der Waals surface area contributed by atoms with E-state index >= 15 is 0 Å². The zero-order valence-corrected chi connectivity index (χ0v) is 10.0. The number of rotatable bonds is 4. The highest BCUT2D eigenvalue weighted by atomic mass is 16.3. The summed E-state index contributed by atoms with van der Waals surface area (Å²) in [6, 6.07) is 0.764. The molecule has 0 aliphatic heterocycles. The molecule has 0 aromatic carbocycles. The van der Waals surface area contributed by atoms with Crippen LogP contribution in [0.15, 0.2) is 0 Å². The third-order valence-corrected chi connectivity index (χ3v) is 4.28. The van der Waals surface area contributed by atoms with Crippen LogP contribution in [0.1, 0.15) is 58.3 Å². The van der Waals surface area contributed by atoms with Crippen LogP contribution in [-0.4, -0.2) is 34.7 Å². The van der Waals surface area contributed by atoms with Crippen LogP contribution in [0.3, 0.4) is 0 Å². The van der Waals surface area contributed by atoms with Crippen LogP contribution < -0.4 is 0 Å². The third-order valence-electron chi connectivity index (χ3n) is 4.28. The molecule has 2 aliphatic rings. The maximum Gasteiger partial charge on any atom is 0.0774 e. The van der Waals surface area contributed by atoms with Crippen LogP contribution >= 0.6 is 0 Å². The lowest BCUT2D eigenvalue weighted by molar-refractivity contribution is -0.00115. The van der Waals surface area contributed by atoms with Crippen molar-refractivity contribution in [1.29, 1.82) is 0 Å². The molecule has 0 bridgehead atoms. The minimum atomic E-state index is -0.349. The summed E-state index contributed by atoms with van der Waals surface area (Å²) in [5, 5.41) is 10.4. The monoisotopic (exact) mass is 211 g/mol. The average molecular weight is 211 g/mol. The Hall–Kier alpha value is -0.0800. The zero-order valence-electron chi connectivity index (χ0n) is 10.0. The molecular weight excluding hydrogens is 186 g/mol. The Bertz CT molecular complexity index is 193. The molecule has 2 saturated carbocycles. The summed E-state index contributed by atoms with van der Waals surface area (Å²) >= 11 is 0. The molecule has 0 amide bonds. The molecule has 0 unspecified atom stereocenters. The Kier molecular flexibility index (Phi) is 3.68. The lowest BCUT2D eigenvalue weighted by Crippen LogP contribution is -2.45. The van der Waals surface area contributed by atoms with E-state index < -0.39 is 0 Å². The normalized spacial score (nSPS) is 26.6. The predicted molar refractivity (Wildman–Crippen MR) is 62.9 cm³/mol. The van der Waals surface area contributed by atoms with Crippen molar-refractivity contribution in [1.82, 2.24) is 4.90 Å². The quantitative estimate of drug-likeness (QED) is 0.772. The van der Waals surface area contributed by atoms with Crippen molar-refractivity contribution in [2.45, 2.75) is 69.9 Å². The first-order valence-corrected chi connectivity index (χ1v) is 6.70. The summed E-state index contributed by atoms with van der Waals surface area (Å²) in [5.74, 6) is 0. The van der Waals surface area contributed by atoms with Gasteiger partial charge in [-0.3, -0.25) is 4.90 Å². The van der Waals surface area contributed by atoms with Gasteiger partial charge in [0, 0.05) is 12.6 Å². The number of hydrogen-bond acceptors (Lipinski definition) is 2. The minimum Gasteiger partial charge on any atom is -0.389 e. The third kappa shape index (κ3) is 2.73. The Morgan fingerprint density at radius 3 is 2.27 bits per heavy atom. The van der Waals surface area contributed by atoms with Gasteiger partial charge in [-0.1, -0.05) is 32.6 Å². The van der Waals surface area contributed by atoms with Gasteiger partial charge in [0.1, 0.15) is 0 Å². The van der Waals surface area contributed by atoms with Gasteiger partial charge >= 0.3 is 0 Å². The van der Waals surface area contributed by atoms with Crippen LogP contribution in [0, 0.1) is 0 Å². The summed E-state index contributed by atoms with van der Waals surface area (Å²) in [6.45, 7) is 4.26. The second-order valence-corrected chi connectivity index (χ2v) is 5.43. The SMILES string of the molecule is CCN(CC1(O)CCCC1)C1CCCC1. The summed E-state index contributed by atoms with van der Waals surface area (Å²) in [7, 11) is 0. The molecule has 0 aromatic rings. The fraction of sp³-hybridized carbons (Fsp3) is 1.00. The number of aliphatic hydroxyl groups is 1. The van der Waals surface area contributed by atoms with Gasteiger partial charge in [-0.25, -0.2) is 0 Å². The van der Waals surface area contributed by atoms with E-state index in [1.54, 1.807) is 0 Å².